The second kappa shape index (κ2) is 9.58. The summed E-state index contributed by atoms with van der Waals surface area (Å²) in [5, 5.41) is 3.96. The molecule has 2 aromatic rings. The van der Waals surface area contributed by atoms with Crippen molar-refractivity contribution in [2.24, 2.45) is 5.10 Å². The summed E-state index contributed by atoms with van der Waals surface area (Å²) in [6.45, 7) is 4.16. The van der Waals surface area contributed by atoms with Gasteiger partial charge in [-0.1, -0.05) is 30.7 Å². The average Bonchev–Trinajstić information content (AvgIpc) is 2.66. The fraction of sp³-hybridized carbons (Fsp3) is 0.100. The van der Waals surface area contributed by atoms with Gasteiger partial charge in [0.05, 0.1) is 6.21 Å². The van der Waals surface area contributed by atoms with E-state index in [1.165, 1.54) is 6.21 Å². The van der Waals surface area contributed by atoms with Gasteiger partial charge >= 0.3 is 0 Å². The van der Waals surface area contributed by atoms with Crippen LogP contribution in [-0.4, -0.2) is 25.3 Å². The molecular weight excluding hydrogens is 316 g/mol. The highest BCUT2D eigenvalue weighted by atomic mass is 16.5. The molecule has 2 rings (SSSR count). The molecule has 0 aliphatic rings. The van der Waals surface area contributed by atoms with E-state index in [1.807, 2.05) is 18.2 Å². The van der Waals surface area contributed by atoms with Gasteiger partial charge in [0.1, 0.15) is 24.7 Å². The Bertz CT molecular complexity index is 789. The van der Waals surface area contributed by atoms with E-state index in [0.29, 0.717) is 29.2 Å². The third-order valence-corrected chi connectivity index (χ3v) is 3.08. The van der Waals surface area contributed by atoms with Crippen molar-refractivity contribution in [1.82, 2.24) is 5.43 Å². The predicted molar refractivity (Wildman–Crippen MR) is 98.0 cm³/mol. The number of hydrazone groups is 1. The quantitative estimate of drug-likeness (QED) is 0.349. The molecule has 0 fully saturated rings. The summed E-state index contributed by atoms with van der Waals surface area (Å²) in [5.41, 5.74) is 3.66. The number of carbonyl (C=O) groups is 1. The minimum absolute atomic E-state index is 0.164. The van der Waals surface area contributed by atoms with Crippen LogP contribution in [0.15, 0.2) is 66.3 Å². The molecule has 0 aliphatic heterocycles. The first-order chi connectivity index (χ1) is 12.2. The van der Waals surface area contributed by atoms with Crippen LogP contribution >= 0.6 is 0 Å². The van der Waals surface area contributed by atoms with Crippen LogP contribution in [0.5, 0.6) is 11.5 Å². The first-order valence-corrected chi connectivity index (χ1v) is 7.57. The molecule has 1 amide bonds. The molecule has 5 heteroatoms. The normalized spacial score (nSPS) is 10.0. The molecule has 0 aromatic heterocycles. The maximum atomic E-state index is 12.1. The summed E-state index contributed by atoms with van der Waals surface area (Å²) in [5.74, 6) is 3.34. The molecule has 1 N–H and O–H groups in total. The lowest BCUT2D eigenvalue weighted by atomic mass is 10.2. The molecule has 0 atom stereocenters. The van der Waals surface area contributed by atoms with Crippen molar-refractivity contribution in [3.05, 3.63) is 72.3 Å². The Hall–Kier alpha value is -3.52. The maximum absolute atomic E-state index is 12.1. The van der Waals surface area contributed by atoms with Gasteiger partial charge in [0, 0.05) is 11.1 Å². The van der Waals surface area contributed by atoms with Gasteiger partial charge in [-0.25, -0.2) is 5.43 Å². The van der Waals surface area contributed by atoms with Crippen LogP contribution in [0.25, 0.3) is 0 Å². The largest absolute Gasteiger partial charge is 0.490 e. The summed E-state index contributed by atoms with van der Waals surface area (Å²) in [6, 6.07) is 14.0. The standard InChI is InChI=1S/C20H18N2O3/c1-3-13-24-18-11-9-16(10-12-18)20(23)22-21-15-17-7-5-6-8-19(17)25-14-4-2/h2-3,5-12,15H,1,13-14H2,(H,22,23). The van der Waals surface area contributed by atoms with Crippen molar-refractivity contribution >= 4 is 12.1 Å². The number of carbonyl (C=O) groups excluding carboxylic acids is 1. The Balaban J connectivity index is 1.96. The number of ether oxygens (including phenoxy) is 2. The van der Waals surface area contributed by atoms with E-state index in [1.54, 1.807) is 36.4 Å². The molecule has 0 unspecified atom stereocenters. The molecule has 0 spiro atoms. The van der Waals surface area contributed by atoms with Crippen LogP contribution in [0.3, 0.4) is 0 Å². The number of terminal acetylenes is 1. The fourth-order valence-corrected chi connectivity index (χ4v) is 1.92. The van der Waals surface area contributed by atoms with Crippen LogP contribution < -0.4 is 14.9 Å². The van der Waals surface area contributed by atoms with Gasteiger partial charge in [0.15, 0.2) is 0 Å². The number of rotatable bonds is 8. The smallest absolute Gasteiger partial charge is 0.271 e. The monoisotopic (exact) mass is 334 g/mol. The van der Waals surface area contributed by atoms with Crippen molar-refractivity contribution in [1.29, 1.82) is 0 Å². The first-order valence-electron chi connectivity index (χ1n) is 7.57. The summed E-state index contributed by atoms with van der Waals surface area (Å²) in [4.78, 5) is 12.1. The van der Waals surface area contributed by atoms with E-state index in [0.717, 1.165) is 0 Å². The molecule has 5 nitrogen and oxygen atoms in total. The maximum Gasteiger partial charge on any atom is 0.271 e. The molecule has 0 saturated heterocycles. The molecule has 0 radical (unpaired) electrons. The predicted octanol–water partition coefficient (Wildman–Crippen LogP) is 3.03. The van der Waals surface area contributed by atoms with E-state index >= 15 is 0 Å². The average molecular weight is 334 g/mol. The third-order valence-electron chi connectivity index (χ3n) is 3.08. The van der Waals surface area contributed by atoms with Gasteiger partial charge in [-0.15, -0.1) is 6.42 Å². The third kappa shape index (κ3) is 5.56. The molecule has 0 heterocycles. The molecule has 0 bridgehead atoms. The molecule has 0 aliphatic carbocycles. The Kier molecular flexibility index (Phi) is 6.83. The molecule has 25 heavy (non-hydrogen) atoms. The van der Waals surface area contributed by atoms with Crippen LogP contribution in [0, 0.1) is 12.3 Å². The summed E-state index contributed by atoms with van der Waals surface area (Å²) >= 11 is 0. The van der Waals surface area contributed by atoms with E-state index in [4.69, 9.17) is 15.9 Å². The van der Waals surface area contributed by atoms with Crippen molar-refractivity contribution in [3.63, 3.8) is 0 Å². The fourth-order valence-electron chi connectivity index (χ4n) is 1.92. The van der Waals surface area contributed by atoms with Crippen LogP contribution in [-0.2, 0) is 0 Å². The lowest BCUT2D eigenvalue weighted by Crippen LogP contribution is -2.17. The number of para-hydroxylation sites is 1. The number of amides is 1. The van der Waals surface area contributed by atoms with E-state index in [2.05, 4.69) is 23.0 Å². The highest BCUT2D eigenvalue weighted by molar-refractivity contribution is 5.95. The minimum atomic E-state index is -0.325. The zero-order valence-corrected chi connectivity index (χ0v) is 13.6. The molecule has 0 saturated carbocycles. The molecule has 2 aromatic carbocycles. The Morgan fingerprint density at radius 1 is 1.20 bits per heavy atom. The first kappa shape index (κ1) is 17.8. The summed E-state index contributed by atoms with van der Waals surface area (Å²) in [6.07, 6.45) is 8.35. The molecular formula is C20H18N2O3. The van der Waals surface area contributed by atoms with Crippen LogP contribution in [0.2, 0.25) is 0 Å². The zero-order chi connectivity index (χ0) is 17.9. The highest BCUT2D eigenvalue weighted by Gasteiger charge is 2.05. The topological polar surface area (TPSA) is 59.9 Å². The van der Waals surface area contributed by atoms with Crippen LogP contribution in [0.1, 0.15) is 15.9 Å². The Morgan fingerprint density at radius 2 is 1.96 bits per heavy atom. The van der Waals surface area contributed by atoms with Gasteiger partial charge < -0.3 is 9.47 Å². The number of benzene rings is 2. The highest BCUT2D eigenvalue weighted by Crippen LogP contribution is 2.15. The van der Waals surface area contributed by atoms with Gasteiger partial charge in [-0.3, -0.25) is 4.79 Å². The van der Waals surface area contributed by atoms with Crippen molar-refractivity contribution in [2.75, 3.05) is 13.2 Å². The van der Waals surface area contributed by atoms with E-state index in [9.17, 15) is 4.79 Å². The summed E-state index contributed by atoms with van der Waals surface area (Å²) in [7, 11) is 0. The number of hydrogen-bond donors (Lipinski definition) is 1. The number of nitrogens with one attached hydrogen (secondary N) is 1. The lowest BCUT2D eigenvalue weighted by molar-refractivity contribution is 0.0955. The second-order valence-electron chi connectivity index (χ2n) is 4.85. The summed E-state index contributed by atoms with van der Waals surface area (Å²) < 4.78 is 10.8. The molecule has 126 valence electrons. The minimum Gasteiger partial charge on any atom is -0.490 e. The van der Waals surface area contributed by atoms with E-state index < -0.39 is 0 Å². The second-order valence-corrected chi connectivity index (χ2v) is 4.85. The van der Waals surface area contributed by atoms with Gasteiger partial charge in [-0.2, -0.15) is 5.10 Å². The zero-order valence-electron chi connectivity index (χ0n) is 13.6. The van der Waals surface area contributed by atoms with E-state index in [-0.39, 0.29) is 12.5 Å². The van der Waals surface area contributed by atoms with Gasteiger partial charge in [0.25, 0.3) is 5.91 Å². The number of nitrogens with zero attached hydrogens (tertiary/aromatic N) is 1. The van der Waals surface area contributed by atoms with Crippen LogP contribution in [0.4, 0.5) is 0 Å². The van der Waals surface area contributed by atoms with Gasteiger partial charge in [-0.05, 0) is 36.4 Å². The Labute approximate surface area is 147 Å². The number of hydrogen-bond acceptors (Lipinski definition) is 4. The van der Waals surface area contributed by atoms with Crippen molar-refractivity contribution in [3.8, 4) is 23.8 Å². The lowest BCUT2D eigenvalue weighted by Gasteiger charge is -2.06. The van der Waals surface area contributed by atoms with Crippen molar-refractivity contribution in [2.45, 2.75) is 0 Å². The Morgan fingerprint density at radius 3 is 2.68 bits per heavy atom. The SMILES string of the molecule is C#CCOc1ccccc1C=NNC(=O)c1ccc(OCC=C)cc1. The van der Waals surface area contributed by atoms with Gasteiger partial charge in [0.2, 0.25) is 0 Å². The van der Waals surface area contributed by atoms with Crippen molar-refractivity contribution < 1.29 is 14.3 Å².